The van der Waals surface area contributed by atoms with E-state index in [1.165, 1.54) is 11.3 Å². The van der Waals surface area contributed by atoms with Crippen LogP contribution in [-0.4, -0.2) is 33.3 Å². The van der Waals surface area contributed by atoms with Crippen LogP contribution < -0.4 is 5.32 Å². The van der Waals surface area contributed by atoms with Gasteiger partial charge in [-0.3, -0.25) is 14.3 Å². The number of rotatable bonds is 5. The van der Waals surface area contributed by atoms with Crippen LogP contribution in [0.3, 0.4) is 0 Å². The van der Waals surface area contributed by atoms with E-state index in [0.29, 0.717) is 4.88 Å². The zero-order chi connectivity index (χ0) is 15.7. The van der Waals surface area contributed by atoms with Gasteiger partial charge in [-0.05, 0) is 12.0 Å². The van der Waals surface area contributed by atoms with Gasteiger partial charge in [0.1, 0.15) is 4.83 Å². The summed E-state index contributed by atoms with van der Waals surface area (Å²) in [5.41, 5.74) is 0.974. The second-order valence-corrected chi connectivity index (χ2v) is 6.47. The molecule has 2 heterocycles. The molecule has 2 aromatic heterocycles. The molecule has 0 radical (unpaired) electrons. The van der Waals surface area contributed by atoms with Crippen molar-refractivity contribution in [1.82, 2.24) is 15.1 Å². The number of carbonyl (C=O) groups is 2. The van der Waals surface area contributed by atoms with Crippen LogP contribution in [-0.2, 0) is 11.8 Å². The first-order chi connectivity index (χ1) is 9.81. The summed E-state index contributed by atoms with van der Waals surface area (Å²) in [5, 5.41) is 16.9. The topological polar surface area (TPSA) is 84.2 Å². The number of fused-ring (bicyclic) bond motifs is 1. The molecule has 21 heavy (non-hydrogen) atoms. The van der Waals surface area contributed by atoms with Gasteiger partial charge >= 0.3 is 5.97 Å². The predicted molar refractivity (Wildman–Crippen MR) is 81.8 cm³/mol. The van der Waals surface area contributed by atoms with Crippen molar-refractivity contribution < 1.29 is 14.7 Å². The number of nitrogens with zero attached hydrogens (tertiary/aromatic N) is 2. The number of aryl methyl sites for hydroxylation is 1. The maximum Gasteiger partial charge on any atom is 0.308 e. The van der Waals surface area contributed by atoms with Crippen LogP contribution in [0.5, 0.6) is 0 Å². The van der Waals surface area contributed by atoms with E-state index in [1.807, 2.05) is 13.1 Å². The third-order valence-corrected chi connectivity index (χ3v) is 4.50. The lowest BCUT2D eigenvalue weighted by Gasteiger charge is -2.07. The average molecular weight is 309 g/mol. The summed E-state index contributed by atoms with van der Waals surface area (Å²) in [6.45, 7) is 5.81. The van der Waals surface area contributed by atoms with Gasteiger partial charge in [-0.15, -0.1) is 11.3 Å². The zero-order valence-corrected chi connectivity index (χ0v) is 13.3. The summed E-state index contributed by atoms with van der Waals surface area (Å²) in [6, 6.07) is 1.84. The summed E-state index contributed by atoms with van der Waals surface area (Å²) in [6.07, 6.45) is 0. The Bertz CT molecular complexity index is 687. The van der Waals surface area contributed by atoms with E-state index in [2.05, 4.69) is 24.3 Å². The molecule has 0 aliphatic heterocycles. The first-order valence-corrected chi connectivity index (χ1v) is 7.60. The van der Waals surface area contributed by atoms with Gasteiger partial charge in [0.25, 0.3) is 5.91 Å². The number of carboxylic acid groups (broad SMARTS) is 1. The number of aromatic nitrogens is 2. The second-order valence-electron chi connectivity index (χ2n) is 5.44. The van der Waals surface area contributed by atoms with Crippen LogP contribution >= 0.6 is 11.3 Å². The molecule has 2 rings (SSSR count). The second kappa shape index (κ2) is 5.85. The average Bonchev–Trinajstić information content (AvgIpc) is 2.96. The number of carboxylic acids is 1. The highest BCUT2D eigenvalue weighted by Gasteiger charge is 2.19. The third-order valence-electron chi connectivity index (χ3n) is 3.30. The number of aliphatic carboxylic acids is 1. The van der Waals surface area contributed by atoms with Gasteiger partial charge in [0.2, 0.25) is 0 Å². The minimum Gasteiger partial charge on any atom is -0.481 e. The number of hydrogen-bond donors (Lipinski definition) is 2. The molecule has 0 aliphatic rings. The highest BCUT2D eigenvalue weighted by atomic mass is 32.1. The van der Waals surface area contributed by atoms with Crippen LogP contribution in [0, 0.1) is 5.92 Å². The molecule has 6 nitrogen and oxygen atoms in total. The molecular formula is C14H19N3O3S. The Hall–Kier alpha value is -1.89. The van der Waals surface area contributed by atoms with E-state index in [4.69, 9.17) is 5.11 Å². The highest BCUT2D eigenvalue weighted by molar-refractivity contribution is 7.20. The number of thiophene rings is 1. The molecule has 0 fully saturated rings. The summed E-state index contributed by atoms with van der Waals surface area (Å²) in [7, 11) is 1.86. The number of amides is 1. The lowest BCUT2D eigenvalue weighted by molar-refractivity contribution is -0.140. The van der Waals surface area contributed by atoms with Gasteiger partial charge in [0.15, 0.2) is 0 Å². The standard InChI is InChI=1S/C14H19N3O3S/c1-7(2)11-9-5-10(21-13(9)17(4)16-11)12(18)15-6-8(3)14(19)20/h5,7-8H,6H2,1-4H3,(H,15,18)(H,19,20)/t8-/m1/s1. The van der Waals surface area contributed by atoms with E-state index in [-0.39, 0.29) is 18.4 Å². The van der Waals surface area contributed by atoms with Crippen LogP contribution in [0.2, 0.25) is 0 Å². The number of carbonyl (C=O) groups excluding carboxylic acids is 1. The zero-order valence-electron chi connectivity index (χ0n) is 12.5. The van der Waals surface area contributed by atoms with Gasteiger partial charge in [-0.25, -0.2) is 0 Å². The van der Waals surface area contributed by atoms with Crippen LogP contribution in [0.4, 0.5) is 0 Å². The van der Waals surface area contributed by atoms with Crippen molar-refractivity contribution >= 4 is 33.4 Å². The fourth-order valence-electron chi connectivity index (χ4n) is 2.02. The lowest BCUT2D eigenvalue weighted by atomic mass is 10.1. The molecule has 0 saturated heterocycles. The molecule has 1 atom stereocenters. The first-order valence-electron chi connectivity index (χ1n) is 6.78. The van der Waals surface area contributed by atoms with Gasteiger partial charge < -0.3 is 10.4 Å². The quantitative estimate of drug-likeness (QED) is 0.887. The van der Waals surface area contributed by atoms with E-state index < -0.39 is 11.9 Å². The van der Waals surface area contributed by atoms with Gasteiger partial charge in [-0.2, -0.15) is 5.10 Å². The van der Waals surface area contributed by atoms with Crippen molar-refractivity contribution in [3.05, 3.63) is 16.6 Å². The Morgan fingerprint density at radius 3 is 2.67 bits per heavy atom. The minimum atomic E-state index is -0.919. The molecule has 0 aromatic carbocycles. The fraction of sp³-hybridized carbons (Fsp3) is 0.500. The maximum absolute atomic E-state index is 12.1. The Morgan fingerprint density at radius 2 is 2.10 bits per heavy atom. The Labute approximate surface area is 126 Å². The fourth-order valence-corrected chi connectivity index (χ4v) is 3.02. The predicted octanol–water partition coefficient (Wildman–Crippen LogP) is 2.21. The largest absolute Gasteiger partial charge is 0.481 e. The maximum atomic E-state index is 12.1. The molecule has 0 unspecified atom stereocenters. The van der Waals surface area contributed by atoms with Gasteiger partial charge in [-0.1, -0.05) is 20.8 Å². The van der Waals surface area contributed by atoms with E-state index >= 15 is 0 Å². The van der Waals surface area contributed by atoms with Crippen molar-refractivity contribution in [2.75, 3.05) is 6.54 Å². The summed E-state index contributed by atoms with van der Waals surface area (Å²) < 4.78 is 1.78. The monoisotopic (exact) mass is 309 g/mol. The summed E-state index contributed by atoms with van der Waals surface area (Å²) in [5.74, 6) is -1.47. The van der Waals surface area contributed by atoms with E-state index in [9.17, 15) is 9.59 Å². The van der Waals surface area contributed by atoms with Gasteiger partial charge in [0.05, 0.1) is 16.5 Å². The first kappa shape index (κ1) is 15.5. The Kier molecular flexibility index (Phi) is 4.32. The molecule has 0 spiro atoms. The normalized spacial score (nSPS) is 12.8. The van der Waals surface area contributed by atoms with Gasteiger partial charge in [0, 0.05) is 19.0 Å². The molecule has 0 bridgehead atoms. The third kappa shape index (κ3) is 3.07. The summed E-state index contributed by atoms with van der Waals surface area (Å²) in [4.78, 5) is 24.4. The smallest absolute Gasteiger partial charge is 0.308 e. The molecule has 1 amide bonds. The molecule has 2 N–H and O–H groups in total. The Morgan fingerprint density at radius 1 is 1.43 bits per heavy atom. The van der Waals surface area contributed by atoms with Crippen molar-refractivity contribution in [2.24, 2.45) is 13.0 Å². The summed E-state index contributed by atoms with van der Waals surface area (Å²) >= 11 is 1.37. The minimum absolute atomic E-state index is 0.123. The molecule has 2 aromatic rings. The number of nitrogens with one attached hydrogen (secondary N) is 1. The van der Waals surface area contributed by atoms with E-state index in [1.54, 1.807) is 11.6 Å². The van der Waals surface area contributed by atoms with Crippen molar-refractivity contribution in [1.29, 1.82) is 0 Å². The van der Waals surface area contributed by atoms with Crippen molar-refractivity contribution in [2.45, 2.75) is 26.7 Å². The molecular weight excluding hydrogens is 290 g/mol. The van der Waals surface area contributed by atoms with E-state index in [0.717, 1.165) is 15.9 Å². The lowest BCUT2D eigenvalue weighted by Crippen LogP contribution is -2.30. The Balaban J connectivity index is 2.21. The van der Waals surface area contributed by atoms with Crippen molar-refractivity contribution in [3.8, 4) is 0 Å². The molecule has 0 aliphatic carbocycles. The van der Waals surface area contributed by atoms with Crippen LogP contribution in [0.15, 0.2) is 6.07 Å². The number of hydrogen-bond acceptors (Lipinski definition) is 4. The highest BCUT2D eigenvalue weighted by Crippen LogP contribution is 2.31. The van der Waals surface area contributed by atoms with Crippen LogP contribution in [0.1, 0.15) is 42.1 Å². The SMILES string of the molecule is CC(C)c1nn(C)c2sc(C(=O)NC[C@@H](C)C(=O)O)cc12. The molecule has 114 valence electrons. The van der Waals surface area contributed by atoms with Crippen molar-refractivity contribution in [3.63, 3.8) is 0 Å². The molecule has 0 saturated carbocycles. The molecule has 7 heteroatoms. The van der Waals surface area contributed by atoms with Crippen LogP contribution in [0.25, 0.3) is 10.2 Å².